The predicted octanol–water partition coefficient (Wildman–Crippen LogP) is 5.22. The molecule has 0 fully saturated rings. The fourth-order valence-corrected chi connectivity index (χ4v) is 3.66. The minimum absolute atomic E-state index is 1.02. The van der Waals surface area contributed by atoms with Gasteiger partial charge in [-0.05, 0) is 35.8 Å². The highest BCUT2D eigenvalue weighted by molar-refractivity contribution is 9.10. The van der Waals surface area contributed by atoms with Crippen LogP contribution in [0.25, 0.3) is 16.5 Å². The summed E-state index contributed by atoms with van der Waals surface area (Å²) < 4.78 is 1.13. The van der Waals surface area contributed by atoms with Gasteiger partial charge in [-0.2, -0.15) is 0 Å². The molecule has 1 N–H and O–H groups in total. The molecular weight excluding hydrogens is 348 g/mol. The van der Waals surface area contributed by atoms with Crippen LogP contribution in [0.3, 0.4) is 0 Å². The van der Waals surface area contributed by atoms with Gasteiger partial charge in [0, 0.05) is 46.8 Å². The molecule has 0 radical (unpaired) electrons. The fourth-order valence-electron chi connectivity index (χ4n) is 3.30. The zero-order chi connectivity index (χ0) is 15.6. The number of nitrogens with one attached hydrogen (secondary N) is 1. The number of benzene rings is 2. The summed E-state index contributed by atoms with van der Waals surface area (Å²) in [6, 6.07) is 17.1. The van der Waals surface area contributed by atoms with E-state index in [0.29, 0.717) is 0 Å². The third-order valence-corrected chi connectivity index (χ3v) is 5.03. The van der Waals surface area contributed by atoms with Crippen molar-refractivity contribution in [3.05, 3.63) is 76.4 Å². The summed E-state index contributed by atoms with van der Waals surface area (Å²) in [6.07, 6.45) is 5.64. The predicted molar refractivity (Wildman–Crippen MR) is 100 cm³/mol. The summed E-state index contributed by atoms with van der Waals surface area (Å²) in [5.41, 5.74) is 5.40. The number of halogens is 1. The smallest absolute Gasteiger partial charge is 0.0461 e. The van der Waals surface area contributed by atoms with Crippen LogP contribution < -0.4 is 0 Å². The van der Waals surface area contributed by atoms with Gasteiger partial charge in [0.25, 0.3) is 0 Å². The number of rotatable bonds is 3. The van der Waals surface area contributed by atoms with Crippen LogP contribution in [0.4, 0.5) is 0 Å². The summed E-state index contributed by atoms with van der Waals surface area (Å²) in [5.74, 6) is 0. The van der Waals surface area contributed by atoms with Crippen molar-refractivity contribution in [1.29, 1.82) is 0 Å². The second-order valence-electron chi connectivity index (χ2n) is 6.09. The molecular formula is C20H19BrN2. The van der Waals surface area contributed by atoms with Gasteiger partial charge in [-0.1, -0.05) is 52.3 Å². The average Bonchev–Trinajstić information content (AvgIpc) is 2.99. The molecule has 0 atom stereocenters. The Morgan fingerprint density at radius 2 is 1.96 bits per heavy atom. The Kier molecular flexibility index (Phi) is 4.06. The Bertz CT molecular complexity index is 848. The van der Waals surface area contributed by atoms with Gasteiger partial charge in [0.05, 0.1) is 0 Å². The Morgan fingerprint density at radius 3 is 2.74 bits per heavy atom. The molecule has 3 aromatic rings. The zero-order valence-corrected chi connectivity index (χ0v) is 14.5. The summed E-state index contributed by atoms with van der Waals surface area (Å²) >= 11 is 3.58. The molecule has 0 saturated heterocycles. The Morgan fingerprint density at radius 1 is 1.09 bits per heavy atom. The van der Waals surface area contributed by atoms with E-state index < -0.39 is 0 Å². The number of aromatic nitrogens is 1. The van der Waals surface area contributed by atoms with Crippen LogP contribution >= 0.6 is 15.9 Å². The van der Waals surface area contributed by atoms with Crippen LogP contribution in [0.15, 0.2) is 65.3 Å². The van der Waals surface area contributed by atoms with Crippen molar-refractivity contribution in [2.75, 3.05) is 13.1 Å². The van der Waals surface area contributed by atoms with Crippen LogP contribution in [-0.4, -0.2) is 23.0 Å². The van der Waals surface area contributed by atoms with Gasteiger partial charge in [-0.15, -0.1) is 0 Å². The molecule has 2 aromatic carbocycles. The van der Waals surface area contributed by atoms with Crippen molar-refractivity contribution < 1.29 is 0 Å². The molecule has 0 spiro atoms. The third kappa shape index (κ3) is 3.12. The second kappa shape index (κ2) is 6.34. The fraction of sp³-hybridized carbons (Fsp3) is 0.200. The number of H-pyrrole nitrogens is 1. The SMILES string of the molecule is Brc1ccc2[nH]cc(C3=CCN(Cc4ccccc4)CC3)c2c1. The second-order valence-corrected chi connectivity index (χ2v) is 7.01. The lowest BCUT2D eigenvalue weighted by Crippen LogP contribution is -2.27. The van der Waals surface area contributed by atoms with E-state index in [1.165, 1.54) is 27.6 Å². The molecule has 0 unspecified atom stereocenters. The van der Waals surface area contributed by atoms with E-state index >= 15 is 0 Å². The first-order valence-corrected chi connectivity index (χ1v) is 8.81. The topological polar surface area (TPSA) is 19.0 Å². The van der Waals surface area contributed by atoms with E-state index in [-0.39, 0.29) is 0 Å². The van der Waals surface area contributed by atoms with Crippen LogP contribution in [-0.2, 0) is 6.54 Å². The highest BCUT2D eigenvalue weighted by Crippen LogP contribution is 2.31. The highest BCUT2D eigenvalue weighted by atomic mass is 79.9. The van der Waals surface area contributed by atoms with Gasteiger partial charge >= 0.3 is 0 Å². The molecule has 0 amide bonds. The molecule has 0 saturated carbocycles. The van der Waals surface area contributed by atoms with E-state index in [9.17, 15) is 0 Å². The van der Waals surface area contributed by atoms with Gasteiger partial charge < -0.3 is 4.98 Å². The van der Waals surface area contributed by atoms with Crippen LogP contribution in [0.2, 0.25) is 0 Å². The van der Waals surface area contributed by atoms with Gasteiger partial charge in [0.2, 0.25) is 0 Å². The molecule has 1 aromatic heterocycles. The summed E-state index contributed by atoms with van der Waals surface area (Å²) in [4.78, 5) is 5.89. The first kappa shape index (κ1) is 14.7. The Hall–Kier alpha value is -1.84. The molecule has 0 bridgehead atoms. The first-order chi connectivity index (χ1) is 11.3. The van der Waals surface area contributed by atoms with E-state index in [1.54, 1.807) is 0 Å². The lowest BCUT2D eigenvalue weighted by molar-refractivity contribution is 0.294. The molecule has 0 aliphatic carbocycles. The van der Waals surface area contributed by atoms with Crippen LogP contribution in [0.1, 0.15) is 17.5 Å². The molecule has 2 nitrogen and oxygen atoms in total. The standard InChI is InChI=1S/C20H19BrN2/c21-17-6-7-20-18(12-17)19(13-22-20)16-8-10-23(11-9-16)14-15-4-2-1-3-5-15/h1-8,12-13,22H,9-11,14H2. The van der Waals surface area contributed by atoms with Crippen molar-refractivity contribution in [1.82, 2.24) is 9.88 Å². The summed E-state index contributed by atoms with van der Waals surface area (Å²) in [7, 11) is 0. The van der Waals surface area contributed by atoms with Crippen molar-refractivity contribution in [3.63, 3.8) is 0 Å². The molecule has 3 heteroatoms. The Balaban J connectivity index is 1.54. The van der Waals surface area contributed by atoms with Gasteiger partial charge in [-0.3, -0.25) is 4.90 Å². The average molecular weight is 367 g/mol. The normalized spacial score (nSPS) is 15.8. The number of nitrogens with zero attached hydrogens (tertiary/aromatic N) is 1. The van der Waals surface area contributed by atoms with Crippen molar-refractivity contribution in [3.8, 4) is 0 Å². The first-order valence-electron chi connectivity index (χ1n) is 8.02. The Labute approximate surface area is 145 Å². The van der Waals surface area contributed by atoms with E-state index in [1.807, 2.05) is 0 Å². The monoisotopic (exact) mass is 366 g/mol. The van der Waals surface area contributed by atoms with Crippen LogP contribution in [0.5, 0.6) is 0 Å². The highest BCUT2D eigenvalue weighted by Gasteiger charge is 2.15. The lowest BCUT2D eigenvalue weighted by atomic mass is 9.98. The molecule has 4 rings (SSSR count). The zero-order valence-electron chi connectivity index (χ0n) is 12.9. The number of fused-ring (bicyclic) bond motifs is 1. The molecule has 116 valence electrons. The maximum Gasteiger partial charge on any atom is 0.0461 e. The minimum Gasteiger partial charge on any atom is -0.361 e. The van der Waals surface area contributed by atoms with Crippen LogP contribution in [0, 0.1) is 0 Å². The number of aromatic amines is 1. The van der Waals surface area contributed by atoms with Gasteiger partial charge in [0.15, 0.2) is 0 Å². The largest absolute Gasteiger partial charge is 0.361 e. The van der Waals surface area contributed by atoms with Crippen molar-refractivity contribution in [2.24, 2.45) is 0 Å². The summed E-state index contributed by atoms with van der Waals surface area (Å²) in [5, 5.41) is 1.31. The number of hydrogen-bond donors (Lipinski definition) is 1. The van der Waals surface area contributed by atoms with E-state index in [0.717, 1.165) is 30.5 Å². The quantitative estimate of drug-likeness (QED) is 0.673. The lowest BCUT2D eigenvalue weighted by Gasteiger charge is -2.26. The van der Waals surface area contributed by atoms with E-state index in [2.05, 4.69) is 86.6 Å². The summed E-state index contributed by atoms with van der Waals surface area (Å²) in [6.45, 7) is 3.16. The third-order valence-electron chi connectivity index (χ3n) is 4.53. The van der Waals surface area contributed by atoms with Gasteiger partial charge in [0.1, 0.15) is 0 Å². The number of hydrogen-bond acceptors (Lipinski definition) is 1. The molecule has 2 heterocycles. The maximum atomic E-state index is 3.58. The molecule has 1 aliphatic heterocycles. The minimum atomic E-state index is 1.02. The van der Waals surface area contributed by atoms with E-state index in [4.69, 9.17) is 0 Å². The maximum absolute atomic E-state index is 3.58. The van der Waals surface area contributed by atoms with Crippen molar-refractivity contribution >= 4 is 32.4 Å². The molecule has 1 aliphatic rings. The molecule has 23 heavy (non-hydrogen) atoms. The van der Waals surface area contributed by atoms with Gasteiger partial charge in [-0.25, -0.2) is 0 Å². The van der Waals surface area contributed by atoms with Crippen molar-refractivity contribution in [2.45, 2.75) is 13.0 Å².